The molecule has 2 heterocycles. The minimum absolute atomic E-state index is 0.925. The quantitative estimate of drug-likeness (QED) is 0.155. The third kappa shape index (κ3) is 6.80. The lowest BCUT2D eigenvalue weighted by molar-refractivity contribution is 1.32. The minimum Gasteiger partial charge on any atom is -0.248 e. The Morgan fingerprint density at radius 1 is 0.162 bits per heavy atom. The Morgan fingerprint density at radius 2 is 0.486 bits per heavy atom. The molecular weight excluding hydrogens is 893 g/mol. The summed E-state index contributed by atoms with van der Waals surface area (Å²) in [7, 11) is 0. The first-order valence-electron chi connectivity index (χ1n) is 25.5. The molecule has 0 aliphatic rings. The zero-order valence-corrected chi connectivity index (χ0v) is 40.3. The minimum atomic E-state index is 0.925. The molecule has 0 spiro atoms. The van der Waals surface area contributed by atoms with Crippen molar-refractivity contribution in [1.82, 2.24) is 9.97 Å². The molecule has 0 saturated carbocycles. The molecule has 0 unspecified atom stereocenters. The molecule has 0 aliphatic heterocycles. The Hall–Kier alpha value is -9.76. The van der Waals surface area contributed by atoms with Crippen molar-refractivity contribution in [2.45, 2.75) is 0 Å². The summed E-state index contributed by atoms with van der Waals surface area (Å²) in [6.07, 6.45) is 0. The van der Waals surface area contributed by atoms with E-state index in [1.165, 1.54) is 81.1 Å². The first-order valence-corrected chi connectivity index (χ1v) is 25.5. The third-order valence-corrected chi connectivity index (χ3v) is 15.4. The number of rotatable bonds is 6. The standard InChI is InChI=1S/C72H44N2/c1-3-17-46(18-4-1)69-41-51(42-70(73-69)47-19-5-2-6-20-47)45-31-33-48(34-32-45)71-44-65(50-36-38-62-57-26-10-8-22-53(57)55-24-12-14-28-59(55)67(62)40-50)68-43-64(60-29-15-16-30-63(60)72(68)74-71)49-35-37-61-56-25-9-7-21-52(56)54-23-11-13-27-58(54)66(61)39-49/h1-44H. The number of hydrogen-bond acceptors (Lipinski definition) is 2. The van der Waals surface area contributed by atoms with Crippen LogP contribution in [0.1, 0.15) is 0 Å². The molecule has 2 heteroatoms. The lowest BCUT2D eigenvalue weighted by Crippen LogP contribution is -1.94. The monoisotopic (exact) mass is 936 g/mol. The molecule has 0 saturated heterocycles. The van der Waals surface area contributed by atoms with E-state index in [2.05, 4.69) is 267 Å². The van der Waals surface area contributed by atoms with Crippen LogP contribution in [-0.2, 0) is 0 Å². The fourth-order valence-corrected chi connectivity index (χ4v) is 11.9. The Morgan fingerprint density at radius 3 is 0.946 bits per heavy atom. The van der Waals surface area contributed by atoms with Crippen LogP contribution in [0.15, 0.2) is 267 Å². The molecule has 15 rings (SSSR count). The van der Waals surface area contributed by atoms with Crippen molar-refractivity contribution in [2.24, 2.45) is 0 Å². The van der Waals surface area contributed by atoms with Crippen LogP contribution in [0.5, 0.6) is 0 Å². The molecule has 74 heavy (non-hydrogen) atoms. The van der Waals surface area contributed by atoms with Crippen LogP contribution >= 0.6 is 0 Å². The summed E-state index contributed by atoms with van der Waals surface area (Å²) in [5.41, 5.74) is 13.9. The van der Waals surface area contributed by atoms with Gasteiger partial charge in [0.2, 0.25) is 0 Å². The molecule has 2 nitrogen and oxygen atoms in total. The van der Waals surface area contributed by atoms with E-state index in [1.54, 1.807) is 0 Å². The smallest absolute Gasteiger partial charge is 0.0794 e. The maximum Gasteiger partial charge on any atom is 0.0794 e. The van der Waals surface area contributed by atoms with E-state index in [1.807, 2.05) is 0 Å². The van der Waals surface area contributed by atoms with E-state index in [4.69, 9.17) is 9.97 Å². The van der Waals surface area contributed by atoms with Gasteiger partial charge in [-0.05, 0) is 140 Å². The number of fused-ring (bicyclic) bond motifs is 15. The van der Waals surface area contributed by atoms with E-state index < -0.39 is 0 Å². The largest absolute Gasteiger partial charge is 0.248 e. The maximum atomic E-state index is 5.67. The number of hydrogen-bond donors (Lipinski definition) is 0. The van der Waals surface area contributed by atoms with Gasteiger partial charge in [0, 0.05) is 27.5 Å². The Labute approximate surface area is 428 Å². The van der Waals surface area contributed by atoms with Gasteiger partial charge in [0.25, 0.3) is 0 Å². The number of nitrogens with zero attached hydrogens (tertiary/aromatic N) is 2. The van der Waals surface area contributed by atoms with Crippen LogP contribution in [0.2, 0.25) is 0 Å². The van der Waals surface area contributed by atoms with E-state index >= 15 is 0 Å². The van der Waals surface area contributed by atoms with Gasteiger partial charge in [-0.2, -0.15) is 0 Å². The average molecular weight is 937 g/mol. The van der Waals surface area contributed by atoms with Gasteiger partial charge in [0.05, 0.1) is 22.6 Å². The van der Waals surface area contributed by atoms with Gasteiger partial charge in [0.15, 0.2) is 0 Å². The SMILES string of the molecule is c1ccc(-c2cc(-c3ccc(-c4cc(-c5ccc6c7ccccc7c7ccccc7c6c5)c5cc(-c6ccc7c8ccccc8c8ccccc8c7c6)c6ccccc6c5n4)cc3)cc(-c3ccccc3)n2)cc1. The van der Waals surface area contributed by atoms with Crippen molar-refractivity contribution in [1.29, 1.82) is 0 Å². The fourth-order valence-electron chi connectivity index (χ4n) is 11.9. The average Bonchev–Trinajstić information content (AvgIpc) is 3.50. The molecule has 2 aromatic heterocycles. The predicted molar refractivity (Wildman–Crippen MR) is 315 cm³/mol. The van der Waals surface area contributed by atoms with Gasteiger partial charge >= 0.3 is 0 Å². The number of benzene rings is 13. The van der Waals surface area contributed by atoms with E-state index in [0.717, 1.165) is 72.3 Å². The highest BCUT2D eigenvalue weighted by Crippen LogP contribution is 2.45. The van der Waals surface area contributed by atoms with Crippen LogP contribution in [0.25, 0.3) is 153 Å². The highest BCUT2D eigenvalue weighted by atomic mass is 14.7. The van der Waals surface area contributed by atoms with Crippen molar-refractivity contribution in [3.63, 3.8) is 0 Å². The second-order valence-corrected chi connectivity index (χ2v) is 19.6. The topological polar surface area (TPSA) is 25.8 Å². The van der Waals surface area contributed by atoms with Crippen molar-refractivity contribution in [3.8, 4) is 67.2 Å². The molecule has 0 bridgehead atoms. The molecule has 13 aromatic carbocycles. The summed E-state index contributed by atoms with van der Waals surface area (Å²) >= 11 is 0. The summed E-state index contributed by atoms with van der Waals surface area (Å²) in [6.45, 7) is 0. The van der Waals surface area contributed by atoms with E-state index in [0.29, 0.717) is 0 Å². The molecule has 15 aromatic rings. The highest BCUT2D eigenvalue weighted by molar-refractivity contribution is 6.28. The third-order valence-electron chi connectivity index (χ3n) is 15.4. The molecule has 0 atom stereocenters. The predicted octanol–water partition coefficient (Wildman–Crippen LogP) is 19.7. The van der Waals surface area contributed by atoms with E-state index in [9.17, 15) is 0 Å². The summed E-state index contributed by atoms with van der Waals surface area (Å²) in [5, 5.41) is 18.6. The molecule has 0 fully saturated rings. The number of pyridine rings is 2. The van der Waals surface area contributed by atoms with Crippen LogP contribution < -0.4 is 0 Å². The van der Waals surface area contributed by atoms with Crippen molar-refractivity contribution in [2.75, 3.05) is 0 Å². The fraction of sp³-hybridized carbons (Fsp3) is 0. The Bertz CT molecular complexity index is 4620. The van der Waals surface area contributed by atoms with Gasteiger partial charge in [-0.15, -0.1) is 0 Å². The summed E-state index contributed by atoms with van der Waals surface area (Å²) < 4.78 is 0. The molecule has 0 radical (unpaired) electrons. The van der Waals surface area contributed by atoms with Crippen LogP contribution in [0.3, 0.4) is 0 Å². The van der Waals surface area contributed by atoms with Gasteiger partial charge in [0.1, 0.15) is 0 Å². The summed E-state index contributed by atoms with van der Waals surface area (Å²) in [6, 6.07) is 97.4. The van der Waals surface area contributed by atoms with Gasteiger partial charge in [-0.3, -0.25) is 0 Å². The first-order chi connectivity index (χ1) is 36.7. The van der Waals surface area contributed by atoms with Gasteiger partial charge in [-0.25, -0.2) is 9.97 Å². The molecule has 0 N–H and O–H groups in total. The van der Waals surface area contributed by atoms with Crippen LogP contribution in [0.4, 0.5) is 0 Å². The molecule has 0 amide bonds. The second kappa shape index (κ2) is 16.9. The Kier molecular flexibility index (Phi) is 9.61. The van der Waals surface area contributed by atoms with Crippen molar-refractivity contribution >= 4 is 86.3 Å². The number of aromatic nitrogens is 2. The second-order valence-electron chi connectivity index (χ2n) is 19.6. The van der Waals surface area contributed by atoms with Crippen molar-refractivity contribution < 1.29 is 0 Å². The Balaban J connectivity index is 0.957. The molecule has 0 aliphatic carbocycles. The molecular formula is C72H44N2. The highest BCUT2D eigenvalue weighted by Gasteiger charge is 2.19. The molecule has 342 valence electrons. The van der Waals surface area contributed by atoms with Gasteiger partial charge < -0.3 is 0 Å². The lowest BCUT2D eigenvalue weighted by atomic mass is 9.87. The van der Waals surface area contributed by atoms with Crippen LogP contribution in [0, 0.1) is 0 Å². The normalized spacial score (nSPS) is 11.8. The zero-order chi connectivity index (χ0) is 48.7. The maximum absolute atomic E-state index is 5.67. The zero-order valence-electron chi connectivity index (χ0n) is 40.3. The lowest BCUT2D eigenvalue weighted by Gasteiger charge is -2.18. The summed E-state index contributed by atoms with van der Waals surface area (Å²) in [4.78, 5) is 10.8. The van der Waals surface area contributed by atoms with Gasteiger partial charge in [-0.1, -0.05) is 231 Å². The van der Waals surface area contributed by atoms with E-state index in [-0.39, 0.29) is 0 Å². The first kappa shape index (κ1) is 42.0. The van der Waals surface area contributed by atoms with Crippen molar-refractivity contribution in [3.05, 3.63) is 267 Å². The van der Waals surface area contributed by atoms with Crippen LogP contribution in [-0.4, -0.2) is 9.97 Å². The summed E-state index contributed by atoms with van der Waals surface area (Å²) in [5.74, 6) is 0.